The fraction of sp³-hybridized carbons (Fsp3) is 0.871. The van der Waals surface area contributed by atoms with Gasteiger partial charge in [0.2, 0.25) is 0 Å². The highest BCUT2D eigenvalue weighted by atomic mass is 16.6. The molecule has 0 saturated carbocycles. The highest BCUT2D eigenvalue weighted by Gasteiger charge is 2.19. The van der Waals surface area contributed by atoms with Gasteiger partial charge in [-0.05, 0) is 77.0 Å². The van der Waals surface area contributed by atoms with Crippen molar-refractivity contribution in [3.8, 4) is 0 Å². The topological polar surface area (TPSA) is 78.9 Å². The molecular weight excluding hydrogens is 937 g/mol. The first-order valence-electron chi connectivity index (χ1n) is 34.0. The van der Waals surface area contributed by atoms with Crippen LogP contribution in [0.1, 0.15) is 374 Å². The Labute approximate surface area is 474 Å². The molecule has 0 amide bonds. The van der Waals surface area contributed by atoms with E-state index in [4.69, 9.17) is 14.2 Å². The van der Waals surface area contributed by atoms with Crippen molar-refractivity contribution in [1.82, 2.24) is 0 Å². The molecule has 1 atom stereocenters. The Morgan fingerprint density at radius 3 is 0.737 bits per heavy atom. The number of hydrogen-bond donors (Lipinski definition) is 0. The largest absolute Gasteiger partial charge is 0.462 e. The van der Waals surface area contributed by atoms with Crippen LogP contribution in [-0.2, 0) is 28.6 Å². The summed E-state index contributed by atoms with van der Waals surface area (Å²) in [5.74, 6) is -0.853. The molecule has 0 spiro atoms. The number of carbonyl (C=O) groups excluding carboxylic acids is 3. The number of unbranched alkanes of at least 4 members (excludes halogenated alkanes) is 46. The Morgan fingerprint density at radius 2 is 0.474 bits per heavy atom. The predicted octanol–water partition coefficient (Wildman–Crippen LogP) is 23.2. The second-order valence-corrected chi connectivity index (χ2v) is 23.1. The van der Waals surface area contributed by atoms with Crippen molar-refractivity contribution in [2.24, 2.45) is 0 Å². The van der Waals surface area contributed by atoms with E-state index in [1.54, 1.807) is 0 Å². The van der Waals surface area contributed by atoms with Gasteiger partial charge in [0.15, 0.2) is 6.10 Å². The van der Waals surface area contributed by atoms with Crippen LogP contribution < -0.4 is 0 Å². The first-order chi connectivity index (χ1) is 37.5. The summed E-state index contributed by atoms with van der Waals surface area (Å²) in [6.45, 7) is 6.67. The van der Waals surface area contributed by atoms with E-state index in [1.165, 1.54) is 263 Å². The zero-order valence-corrected chi connectivity index (χ0v) is 51.3. The minimum Gasteiger partial charge on any atom is -0.462 e. The average Bonchev–Trinajstić information content (AvgIpc) is 3.42. The summed E-state index contributed by atoms with van der Waals surface area (Å²) in [4.78, 5) is 38.3. The minimum atomic E-state index is -0.772. The van der Waals surface area contributed by atoms with Gasteiger partial charge < -0.3 is 14.2 Å². The molecule has 6 nitrogen and oxygen atoms in total. The number of esters is 3. The van der Waals surface area contributed by atoms with Gasteiger partial charge in [0.05, 0.1) is 0 Å². The molecule has 76 heavy (non-hydrogen) atoms. The highest BCUT2D eigenvalue weighted by Crippen LogP contribution is 2.18. The summed E-state index contributed by atoms with van der Waals surface area (Å²) < 4.78 is 16.9. The van der Waals surface area contributed by atoms with Crippen molar-refractivity contribution in [2.45, 2.75) is 380 Å². The van der Waals surface area contributed by atoms with E-state index >= 15 is 0 Å². The molecule has 1 unspecified atom stereocenters. The standard InChI is InChI=1S/C70H130O6/c1-4-7-10-13-16-19-22-25-27-28-29-30-31-32-33-34-35-36-37-38-39-40-41-42-43-46-48-51-54-57-60-63-69(72)75-66-67(65-74-68(71)62-59-56-53-50-47-44-24-21-18-15-12-9-6-3)76-70(73)64-61-58-55-52-49-45-26-23-20-17-14-11-8-5-2/h22-23,25-26,28-29,67H,4-21,24,27,30-66H2,1-3H3/b25-22-,26-23-,29-28-. The first-order valence-corrected chi connectivity index (χ1v) is 34.0. The van der Waals surface area contributed by atoms with Crippen molar-refractivity contribution < 1.29 is 28.6 Å². The third-order valence-corrected chi connectivity index (χ3v) is 15.4. The van der Waals surface area contributed by atoms with Crippen molar-refractivity contribution in [3.63, 3.8) is 0 Å². The predicted molar refractivity (Wildman–Crippen MR) is 330 cm³/mol. The van der Waals surface area contributed by atoms with Crippen LogP contribution in [0.5, 0.6) is 0 Å². The normalized spacial score (nSPS) is 12.2. The Kier molecular flexibility index (Phi) is 63.1. The molecule has 0 N–H and O–H groups in total. The summed E-state index contributed by atoms with van der Waals surface area (Å²) in [6, 6.07) is 0. The van der Waals surface area contributed by atoms with Gasteiger partial charge in [-0.15, -0.1) is 0 Å². The maximum atomic E-state index is 12.9. The second kappa shape index (κ2) is 65.2. The molecule has 0 aliphatic heterocycles. The SMILES string of the molecule is CCCCCCC/C=C\C/C=C\CCCCCCCCCCCCCCCCCCCCCC(=O)OCC(COC(=O)CCCCCCCCCCCCCCC)OC(=O)CCCCCCC/C=C\CCCCCCC. The van der Waals surface area contributed by atoms with E-state index in [0.717, 1.165) is 70.6 Å². The van der Waals surface area contributed by atoms with Gasteiger partial charge in [-0.1, -0.05) is 314 Å². The zero-order valence-electron chi connectivity index (χ0n) is 51.3. The lowest BCUT2D eigenvalue weighted by Crippen LogP contribution is -2.30. The Balaban J connectivity index is 4.11. The van der Waals surface area contributed by atoms with E-state index in [1.807, 2.05) is 0 Å². The number of rotatable bonds is 63. The van der Waals surface area contributed by atoms with Crippen molar-refractivity contribution in [2.75, 3.05) is 13.2 Å². The number of allylic oxidation sites excluding steroid dienone is 6. The molecule has 0 aromatic rings. The molecule has 0 aromatic carbocycles. The van der Waals surface area contributed by atoms with Crippen molar-refractivity contribution in [3.05, 3.63) is 36.5 Å². The zero-order chi connectivity index (χ0) is 55.0. The van der Waals surface area contributed by atoms with Crippen molar-refractivity contribution in [1.29, 1.82) is 0 Å². The van der Waals surface area contributed by atoms with E-state index in [2.05, 4.69) is 57.2 Å². The molecule has 0 aliphatic rings. The van der Waals surface area contributed by atoms with Crippen LogP contribution in [0.2, 0.25) is 0 Å². The van der Waals surface area contributed by atoms with Crippen LogP contribution in [0.25, 0.3) is 0 Å². The minimum absolute atomic E-state index is 0.0697. The van der Waals surface area contributed by atoms with Crippen LogP contribution in [0.4, 0.5) is 0 Å². The van der Waals surface area contributed by atoms with E-state index in [-0.39, 0.29) is 31.1 Å². The molecule has 0 bridgehead atoms. The average molecular weight is 1070 g/mol. The molecule has 0 aliphatic carbocycles. The summed E-state index contributed by atoms with van der Waals surface area (Å²) in [5.41, 5.74) is 0. The Morgan fingerprint density at radius 1 is 0.263 bits per heavy atom. The Hall–Kier alpha value is -2.37. The summed E-state index contributed by atoms with van der Waals surface area (Å²) >= 11 is 0. The molecule has 0 radical (unpaired) electrons. The lowest BCUT2D eigenvalue weighted by Gasteiger charge is -2.18. The summed E-state index contributed by atoms with van der Waals surface area (Å²) in [5, 5.41) is 0. The van der Waals surface area contributed by atoms with E-state index in [9.17, 15) is 14.4 Å². The third-order valence-electron chi connectivity index (χ3n) is 15.4. The number of hydrogen-bond acceptors (Lipinski definition) is 6. The molecule has 0 rings (SSSR count). The van der Waals surface area contributed by atoms with Crippen LogP contribution in [0.15, 0.2) is 36.5 Å². The van der Waals surface area contributed by atoms with Crippen LogP contribution in [0.3, 0.4) is 0 Å². The fourth-order valence-electron chi connectivity index (χ4n) is 10.2. The highest BCUT2D eigenvalue weighted by molar-refractivity contribution is 5.71. The van der Waals surface area contributed by atoms with Gasteiger partial charge in [0.25, 0.3) is 0 Å². The summed E-state index contributed by atoms with van der Waals surface area (Å²) in [6.07, 6.45) is 80.3. The number of ether oxygens (including phenoxy) is 3. The molecule has 446 valence electrons. The maximum absolute atomic E-state index is 12.9. The van der Waals surface area contributed by atoms with Gasteiger partial charge in [0, 0.05) is 19.3 Å². The van der Waals surface area contributed by atoms with E-state index in [0.29, 0.717) is 19.3 Å². The molecule has 0 aromatic heterocycles. The van der Waals surface area contributed by atoms with Gasteiger partial charge in [-0.2, -0.15) is 0 Å². The summed E-state index contributed by atoms with van der Waals surface area (Å²) in [7, 11) is 0. The molecule has 0 fully saturated rings. The lowest BCUT2D eigenvalue weighted by molar-refractivity contribution is -0.167. The van der Waals surface area contributed by atoms with Gasteiger partial charge >= 0.3 is 17.9 Å². The van der Waals surface area contributed by atoms with E-state index < -0.39 is 6.10 Å². The fourth-order valence-corrected chi connectivity index (χ4v) is 10.2. The van der Waals surface area contributed by atoms with Crippen LogP contribution in [0, 0.1) is 0 Å². The monoisotopic (exact) mass is 1070 g/mol. The third kappa shape index (κ3) is 62.5. The molecule has 0 saturated heterocycles. The molecule has 0 heterocycles. The maximum Gasteiger partial charge on any atom is 0.306 e. The Bertz CT molecular complexity index is 1270. The molecular formula is C70H130O6. The lowest BCUT2D eigenvalue weighted by atomic mass is 10.0. The quantitative estimate of drug-likeness (QED) is 0.0261. The van der Waals surface area contributed by atoms with Crippen LogP contribution in [-0.4, -0.2) is 37.2 Å². The van der Waals surface area contributed by atoms with Gasteiger partial charge in [-0.3, -0.25) is 14.4 Å². The first kappa shape index (κ1) is 73.6. The van der Waals surface area contributed by atoms with Crippen LogP contribution >= 0.6 is 0 Å². The molecule has 6 heteroatoms. The number of carbonyl (C=O) groups is 3. The van der Waals surface area contributed by atoms with Gasteiger partial charge in [0.1, 0.15) is 13.2 Å². The second-order valence-electron chi connectivity index (χ2n) is 23.1. The smallest absolute Gasteiger partial charge is 0.306 e. The van der Waals surface area contributed by atoms with Crippen molar-refractivity contribution >= 4 is 17.9 Å². The van der Waals surface area contributed by atoms with Gasteiger partial charge in [-0.25, -0.2) is 0 Å².